The fourth-order valence-corrected chi connectivity index (χ4v) is 2.49. The van der Waals surface area contributed by atoms with E-state index in [0.717, 1.165) is 19.3 Å². The molecule has 0 saturated carbocycles. The lowest BCUT2D eigenvalue weighted by atomic mass is 10.0. The van der Waals surface area contributed by atoms with Crippen molar-refractivity contribution >= 4 is 5.71 Å². The van der Waals surface area contributed by atoms with Crippen LogP contribution in [0.15, 0.2) is 51.6 Å². The zero-order chi connectivity index (χ0) is 15.1. The maximum absolute atomic E-state index is 4.36. The van der Waals surface area contributed by atoms with Crippen molar-refractivity contribution in [2.45, 2.75) is 53.9 Å². The first kappa shape index (κ1) is 16.7. The zero-order valence-corrected chi connectivity index (χ0v) is 14.0. The van der Waals surface area contributed by atoms with Crippen LogP contribution in [0, 0.1) is 5.92 Å². The van der Waals surface area contributed by atoms with Crippen LogP contribution in [0.1, 0.15) is 53.9 Å². The second-order valence-corrected chi connectivity index (χ2v) is 6.11. The predicted molar refractivity (Wildman–Crippen MR) is 91.4 cm³/mol. The number of allylic oxidation sites excluding steroid dienone is 8. The molecule has 0 radical (unpaired) electrons. The second-order valence-electron chi connectivity index (χ2n) is 6.11. The van der Waals surface area contributed by atoms with E-state index in [9.17, 15) is 0 Å². The third kappa shape index (κ3) is 5.32. The molecule has 1 heteroatoms. The zero-order valence-electron chi connectivity index (χ0n) is 14.0. The quantitative estimate of drug-likeness (QED) is 0.572. The third-order valence-electron chi connectivity index (χ3n) is 3.67. The van der Waals surface area contributed by atoms with Gasteiger partial charge in [-0.3, -0.25) is 4.99 Å². The Kier molecular flexibility index (Phi) is 6.70. The molecule has 0 fully saturated rings. The number of hydrogen-bond acceptors (Lipinski definition) is 1. The summed E-state index contributed by atoms with van der Waals surface area (Å²) in [7, 11) is 1.88. The molecule has 0 aromatic heterocycles. The molecule has 1 aliphatic rings. The number of hydrogen-bond donors (Lipinski definition) is 0. The van der Waals surface area contributed by atoms with Crippen LogP contribution in [-0.4, -0.2) is 12.8 Å². The van der Waals surface area contributed by atoms with Gasteiger partial charge in [0.05, 0.1) is 0 Å². The van der Waals surface area contributed by atoms with Crippen LogP contribution in [0.4, 0.5) is 0 Å². The minimum absolute atomic E-state index is 0.649. The van der Waals surface area contributed by atoms with Crippen LogP contribution >= 0.6 is 0 Å². The summed E-state index contributed by atoms with van der Waals surface area (Å²) in [5, 5.41) is 0. The first-order valence-corrected chi connectivity index (χ1v) is 7.62. The Morgan fingerprint density at radius 1 is 1.25 bits per heavy atom. The maximum atomic E-state index is 4.36. The minimum Gasteiger partial charge on any atom is -0.292 e. The van der Waals surface area contributed by atoms with Gasteiger partial charge in [0, 0.05) is 19.2 Å². The molecule has 0 amide bonds. The van der Waals surface area contributed by atoms with E-state index in [0.29, 0.717) is 5.92 Å². The van der Waals surface area contributed by atoms with E-state index in [4.69, 9.17) is 0 Å². The van der Waals surface area contributed by atoms with E-state index in [1.807, 2.05) is 7.05 Å². The van der Waals surface area contributed by atoms with Gasteiger partial charge in [0.25, 0.3) is 0 Å². The lowest BCUT2D eigenvalue weighted by Crippen LogP contribution is -1.95. The molecule has 0 unspecified atom stereocenters. The number of rotatable bonds is 5. The van der Waals surface area contributed by atoms with Gasteiger partial charge in [0.1, 0.15) is 0 Å². The van der Waals surface area contributed by atoms with E-state index >= 15 is 0 Å². The SMILES string of the molecule is C/N=C1/CC=C(C)/C1=C/C=C(\C)CC/C(C)=C/C(C)C. The second kappa shape index (κ2) is 8.04. The number of aliphatic imine (C=N–C) groups is 1. The summed E-state index contributed by atoms with van der Waals surface area (Å²) in [6.45, 7) is 11.1. The smallest absolute Gasteiger partial charge is 0.0457 e. The highest BCUT2D eigenvalue weighted by atomic mass is 14.7. The first-order valence-electron chi connectivity index (χ1n) is 7.62. The molecule has 1 aliphatic carbocycles. The van der Waals surface area contributed by atoms with E-state index in [1.54, 1.807) is 0 Å². The molecule has 0 saturated heterocycles. The molecule has 110 valence electrons. The van der Waals surface area contributed by atoms with Crippen molar-refractivity contribution in [2.24, 2.45) is 10.9 Å². The van der Waals surface area contributed by atoms with Gasteiger partial charge in [-0.15, -0.1) is 0 Å². The molecule has 0 heterocycles. The van der Waals surface area contributed by atoms with Crippen molar-refractivity contribution in [3.63, 3.8) is 0 Å². The van der Waals surface area contributed by atoms with E-state index in [2.05, 4.69) is 63.9 Å². The molecular formula is C19H29N. The fourth-order valence-electron chi connectivity index (χ4n) is 2.49. The average molecular weight is 271 g/mol. The topological polar surface area (TPSA) is 12.4 Å². The van der Waals surface area contributed by atoms with Gasteiger partial charge in [-0.25, -0.2) is 0 Å². The van der Waals surface area contributed by atoms with Crippen LogP contribution in [-0.2, 0) is 0 Å². The van der Waals surface area contributed by atoms with E-state index in [-0.39, 0.29) is 0 Å². The molecule has 0 aromatic carbocycles. The Balaban J connectivity index is 2.64. The molecular weight excluding hydrogens is 242 g/mol. The van der Waals surface area contributed by atoms with Crippen molar-refractivity contribution < 1.29 is 0 Å². The summed E-state index contributed by atoms with van der Waals surface area (Å²) < 4.78 is 0. The summed E-state index contributed by atoms with van der Waals surface area (Å²) >= 11 is 0. The van der Waals surface area contributed by atoms with Crippen LogP contribution in [0.5, 0.6) is 0 Å². The standard InChI is InChI=1S/C19H29N/c1-14(2)13-16(4)8-7-15(3)9-11-18-17(5)10-12-19(18)20-6/h9-11,13-14H,7-8,12H2,1-6H3/b15-9+,16-13+,18-11-,20-19-. The summed E-state index contributed by atoms with van der Waals surface area (Å²) in [5.74, 6) is 0.649. The first-order chi connectivity index (χ1) is 9.43. The molecule has 0 N–H and O–H groups in total. The molecule has 0 aromatic rings. The molecule has 1 nitrogen and oxygen atoms in total. The summed E-state index contributed by atoms with van der Waals surface area (Å²) in [5.41, 5.74) is 6.80. The van der Waals surface area contributed by atoms with Crippen LogP contribution < -0.4 is 0 Å². The Hall–Kier alpha value is -1.37. The largest absolute Gasteiger partial charge is 0.292 e. The minimum atomic E-state index is 0.649. The van der Waals surface area contributed by atoms with Gasteiger partial charge >= 0.3 is 0 Å². The Bertz CT molecular complexity index is 482. The lowest BCUT2D eigenvalue weighted by molar-refractivity contribution is 0.802. The van der Waals surface area contributed by atoms with Crippen molar-refractivity contribution in [1.29, 1.82) is 0 Å². The Morgan fingerprint density at radius 3 is 2.50 bits per heavy atom. The molecule has 0 aliphatic heterocycles. The van der Waals surface area contributed by atoms with Gasteiger partial charge in [0.2, 0.25) is 0 Å². The summed E-state index contributed by atoms with van der Waals surface area (Å²) in [6.07, 6.45) is 12.4. The Labute approximate surface area is 124 Å². The monoisotopic (exact) mass is 271 g/mol. The van der Waals surface area contributed by atoms with Gasteiger partial charge in [0.15, 0.2) is 0 Å². The highest BCUT2D eigenvalue weighted by Gasteiger charge is 2.13. The average Bonchev–Trinajstić information content (AvgIpc) is 2.73. The molecule has 20 heavy (non-hydrogen) atoms. The summed E-state index contributed by atoms with van der Waals surface area (Å²) in [4.78, 5) is 4.36. The van der Waals surface area contributed by atoms with Crippen molar-refractivity contribution in [2.75, 3.05) is 7.05 Å². The van der Waals surface area contributed by atoms with Crippen LogP contribution in [0.3, 0.4) is 0 Å². The van der Waals surface area contributed by atoms with Gasteiger partial charge < -0.3 is 0 Å². The van der Waals surface area contributed by atoms with Crippen LogP contribution in [0.2, 0.25) is 0 Å². The number of nitrogens with zero attached hydrogens (tertiary/aromatic N) is 1. The van der Waals surface area contributed by atoms with Gasteiger partial charge in [-0.05, 0) is 50.7 Å². The van der Waals surface area contributed by atoms with E-state index < -0.39 is 0 Å². The molecule has 0 atom stereocenters. The van der Waals surface area contributed by atoms with Crippen molar-refractivity contribution in [3.8, 4) is 0 Å². The van der Waals surface area contributed by atoms with Gasteiger partial charge in [-0.1, -0.05) is 49.3 Å². The Morgan fingerprint density at radius 2 is 1.90 bits per heavy atom. The fraction of sp³-hybridized carbons (Fsp3) is 0.526. The third-order valence-corrected chi connectivity index (χ3v) is 3.67. The molecule has 0 bridgehead atoms. The van der Waals surface area contributed by atoms with E-state index in [1.165, 1.54) is 28.0 Å². The summed E-state index contributed by atoms with van der Waals surface area (Å²) in [6, 6.07) is 0. The molecule has 1 rings (SSSR count). The molecule has 0 spiro atoms. The lowest BCUT2D eigenvalue weighted by Gasteiger charge is -2.05. The maximum Gasteiger partial charge on any atom is 0.0457 e. The van der Waals surface area contributed by atoms with Crippen molar-refractivity contribution in [1.82, 2.24) is 0 Å². The van der Waals surface area contributed by atoms with Crippen LogP contribution in [0.25, 0.3) is 0 Å². The highest BCUT2D eigenvalue weighted by molar-refractivity contribution is 6.07. The van der Waals surface area contributed by atoms with Gasteiger partial charge in [-0.2, -0.15) is 0 Å². The predicted octanol–water partition coefficient (Wildman–Crippen LogP) is 5.66. The van der Waals surface area contributed by atoms with Crippen molar-refractivity contribution in [3.05, 3.63) is 46.6 Å². The normalized spacial score (nSPS) is 21.2. The highest BCUT2D eigenvalue weighted by Crippen LogP contribution is 2.23.